The van der Waals surface area contributed by atoms with Crippen molar-refractivity contribution in [1.29, 1.82) is 0 Å². The molecular weight excluding hydrogens is 500 g/mol. The summed E-state index contributed by atoms with van der Waals surface area (Å²) in [5, 5.41) is 4.41. The summed E-state index contributed by atoms with van der Waals surface area (Å²) in [4.78, 5) is 24.2. The normalized spacial score (nSPS) is 10.6. The Morgan fingerprint density at radius 1 is 1.06 bits per heavy atom. The van der Waals surface area contributed by atoms with Gasteiger partial charge in [0.1, 0.15) is 5.75 Å². The molecule has 0 saturated heterocycles. The highest BCUT2D eigenvalue weighted by atomic mass is 79.9. The molecule has 0 aliphatic heterocycles. The highest BCUT2D eigenvalue weighted by Gasteiger charge is 2.13. The second-order valence-electron chi connectivity index (χ2n) is 6.35. The molecule has 0 unspecified atom stereocenters. The van der Waals surface area contributed by atoms with Gasteiger partial charge in [0.25, 0.3) is 5.91 Å². The third-order valence-electron chi connectivity index (χ3n) is 4.04. The van der Waals surface area contributed by atoms with Crippen molar-refractivity contribution >= 4 is 45.6 Å². The third kappa shape index (κ3) is 6.83. The van der Waals surface area contributed by atoms with Crippen LogP contribution in [0.15, 0.2) is 76.3 Å². The largest absolute Gasteiger partial charge is 0.493 e. The Hall–Kier alpha value is -3.36. The SMILES string of the molecule is COc1cc(/C=N/NC(=O)COc2cccc(Cl)c2)ccc1OC(=O)c1ccc(Br)cc1. The molecule has 3 rings (SSSR count). The fraction of sp³-hybridized carbons (Fsp3) is 0.0870. The highest BCUT2D eigenvalue weighted by molar-refractivity contribution is 9.10. The average molecular weight is 518 g/mol. The molecule has 0 saturated carbocycles. The monoisotopic (exact) mass is 516 g/mol. The molecule has 0 heterocycles. The third-order valence-corrected chi connectivity index (χ3v) is 4.80. The zero-order valence-corrected chi connectivity index (χ0v) is 19.2. The minimum Gasteiger partial charge on any atom is -0.493 e. The van der Waals surface area contributed by atoms with Crippen molar-refractivity contribution in [2.45, 2.75) is 0 Å². The topological polar surface area (TPSA) is 86.2 Å². The number of hydrogen-bond acceptors (Lipinski definition) is 6. The average Bonchev–Trinajstić information content (AvgIpc) is 2.79. The van der Waals surface area contributed by atoms with Crippen LogP contribution >= 0.6 is 27.5 Å². The van der Waals surface area contributed by atoms with E-state index in [-0.39, 0.29) is 12.4 Å². The number of carbonyl (C=O) groups excluding carboxylic acids is 2. The molecule has 0 fully saturated rings. The van der Waals surface area contributed by atoms with Crippen molar-refractivity contribution in [3.8, 4) is 17.2 Å². The summed E-state index contributed by atoms with van der Waals surface area (Å²) in [6.45, 7) is -0.216. The number of benzene rings is 3. The summed E-state index contributed by atoms with van der Waals surface area (Å²) in [6.07, 6.45) is 1.43. The van der Waals surface area contributed by atoms with Crippen molar-refractivity contribution in [3.05, 3.63) is 87.4 Å². The minimum atomic E-state index is -0.510. The number of esters is 1. The Morgan fingerprint density at radius 2 is 1.84 bits per heavy atom. The Balaban J connectivity index is 1.56. The van der Waals surface area contributed by atoms with Gasteiger partial charge in [-0.3, -0.25) is 4.79 Å². The van der Waals surface area contributed by atoms with Gasteiger partial charge in [-0.15, -0.1) is 0 Å². The van der Waals surface area contributed by atoms with Crippen LogP contribution in [-0.4, -0.2) is 31.8 Å². The van der Waals surface area contributed by atoms with Gasteiger partial charge in [-0.05, 0) is 66.2 Å². The predicted octanol–water partition coefficient (Wildman–Crippen LogP) is 4.86. The van der Waals surface area contributed by atoms with Crippen molar-refractivity contribution in [2.75, 3.05) is 13.7 Å². The molecule has 0 spiro atoms. The number of halogens is 2. The number of rotatable bonds is 8. The van der Waals surface area contributed by atoms with E-state index in [1.165, 1.54) is 13.3 Å². The van der Waals surface area contributed by atoms with E-state index in [0.29, 0.717) is 27.6 Å². The summed E-state index contributed by atoms with van der Waals surface area (Å²) in [5.74, 6) is 0.138. The smallest absolute Gasteiger partial charge is 0.343 e. The minimum absolute atomic E-state index is 0.216. The van der Waals surface area contributed by atoms with Gasteiger partial charge in [-0.2, -0.15) is 5.10 Å². The van der Waals surface area contributed by atoms with Crippen molar-refractivity contribution < 1.29 is 23.8 Å². The summed E-state index contributed by atoms with van der Waals surface area (Å²) in [7, 11) is 1.46. The first-order valence-corrected chi connectivity index (χ1v) is 10.5. The van der Waals surface area contributed by atoms with Crippen LogP contribution in [0.5, 0.6) is 17.2 Å². The van der Waals surface area contributed by atoms with Crippen LogP contribution < -0.4 is 19.6 Å². The molecule has 3 aromatic rings. The number of ether oxygens (including phenoxy) is 3. The summed E-state index contributed by atoms with van der Waals surface area (Å²) in [5.41, 5.74) is 3.40. The van der Waals surface area contributed by atoms with Crippen LogP contribution in [0.25, 0.3) is 0 Å². The van der Waals surface area contributed by atoms with Gasteiger partial charge in [0, 0.05) is 9.50 Å². The van der Waals surface area contributed by atoms with Gasteiger partial charge >= 0.3 is 5.97 Å². The van der Waals surface area contributed by atoms with E-state index >= 15 is 0 Å². The molecule has 1 N–H and O–H groups in total. The standard InChI is InChI=1S/C23H18BrClN2O5/c1-30-21-11-15(5-10-20(21)32-23(29)16-6-8-17(24)9-7-16)13-26-27-22(28)14-31-19-4-2-3-18(25)12-19/h2-13H,14H2,1H3,(H,27,28)/b26-13+. The van der Waals surface area contributed by atoms with Gasteiger partial charge in [-0.1, -0.05) is 33.6 Å². The van der Waals surface area contributed by atoms with Gasteiger partial charge in [0.05, 0.1) is 18.9 Å². The molecule has 9 heteroatoms. The molecule has 0 bridgehead atoms. The molecule has 164 valence electrons. The van der Waals surface area contributed by atoms with E-state index in [1.807, 2.05) is 0 Å². The van der Waals surface area contributed by atoms with Crippen molar-refractivity contribution in [1.82, 2.24) is 5.43 Å². The number of methoxy groups -OCH3 is 1. The van der Waals surface area contributed by atoms with Crippen LogP contribution in [0.3, 0.4) is 0 Å². The van der Waals surface area contributed by atoms with E-state index in [1.54, 1.807) is 66.7 Å². The Kier molecular flexibility index (Phi) is 8.24. The zero-order valence-electron chi connectivity index (χ0n) is 16.9. The lowest BCUT2D eigenvalue weighted by Crippen LogP contribution is -2.24. The fourth-order valence-electron chi connectivity index (χ4n) is 2.51. The second-order valence-corrected chi connectivity index (χ2v) is 7.70. The summed E-state index contributed by atoms with van der Waals surface area (Å²) in [6, 6.07) is 18.4. The van der Waals surface area contributed by atoms with E-state index in [9.17, 15) is 9.59 Å². The molecule has 1 amide bonds. The Labute approximate surface area is 198 Å². The second kappa shape index (κ2) is 11.3. The predicted molar refractivity (Wildman–Crippen MR) is 125 cm³/mol. The van der Waals surface area contributed by atoms with Crippen LogP contribution in [0, 0.1) is 0 Å². The maximum Gasteiger partial charge on any atom is 0.343 e. The molecular formula is C23H18BrClN2O5. The van der Waals surface area contributed by atoms with Gasteiger partial charge in [0.15, 0.2) is 18.1 Å². The lowest BCUT2D eigenvalue weighted by atomic mass is 10.2. The number of carbonyl (C=O) groups is 2. The Morgan fingerprint density at radius 3 is 2.56 bits per heavy atom. The highest BCUT2D eigenvalue weighted by Crippen LogP contribution is 2.28. The van der Waals surface area contributed by atoms with Crippen LogP contribution in [0.4, 0.5) is 0 Å². The van der Waals surface area contributed by atoms with E-state index in [2.05, 4.69) is 26.5 Å². The molecule has 0 aliphatic rings. The van der Waals surface area contributed by atoms with Crippen molar-refractivity contribution in [3.63, 3.8) is 0 Å². The lowest BCUT2D eigenvalue weighted by molar-refractivity contribution is -0.123. The summed E-state index contributed by atoms with van der Waals surface area (Å²) < 4.78 is 16.9. The van der Waals surface area contributed by atoms with Gasteiger partial charge in [-0.25, -0.2) is 10.2 Å². The number of nitrogens with zero attached hydrogens (tertiary/aromatic N) is 1. The zero-order chi connectivity index (χ0) is 22.9. The number of hydrogen-bond donors (Lipinski definition) is 1. The van der Waals surface area contributed by atoms with Gasteiger partial charge in [0.2, 0.25) is 0 Å². The number of hydrazone groups is 1. The van der Waals surface area contributed by atoms with E-state index in [0.717, 1.165) is 4.47 Å². The van der Waals surface area contributed by atoms with Crippen molar-refractivity contribution in [2.24, 2.45) is 5.10 Å². The first-order chi connectivity index (χ1) is 15.4. The molecule has 3 aromatic carbocycles. The molecule has 32 heavy (non-hydrogen) atoms. The summed E-state index contributed by atoms with van der Waals surface area (Å²) >= 11 is 9.19. The molecule has 0 radical (unpaired) electrons. The first-order valence-electron chi connectivity index (χ1n) is 9.30. The first kappa shape index (κ1) is 23.3. The molecule has 7 nitrogen and oxygen atoms in total. The molecule has 0 atom stereocenters. The van der Waals surface area contributed by atoms with E-state index < -0.39 is 11.9 Å². The number of amides is 1. The Bertz CT molecular complexity index is 1140. The maximum atomic E-state index is 12.3. The quantitative estimate of drug-likeness (QED) is 0.200. The molecule has 0 aromatic heterocycles. The van der Waals surface area contributed by atoms with Gasteiger partial charge < -0.3 is 14.2 Å². The lowest BCUT2D eigenvalue weighted by Gasteiger charge is -2.10. The van der Waals surface area contributed by atoms with Crippen LogP contribution in [-0.2, 0) is 4.79 Å². The van der Waals surface area contributed by atoms with E-state index in [4.69, 9.17) is 25.8 Å². The van der Waals surface area contributed by atoms with Crippen LogP contribution in [0.2, 0.25) is 5.02 Å². The molecule has 0 aliphatic carbocycles. The van der Waals surface area contributed by atoms with Crippen LogP contribution in [0.1, 0.15) is 15.9 Å². The number of nitrogens with one attached hydrogen (secondary N) is 1. The maximum absolute atomic E-state index is 12.3. The fourth-order valence-corrected chi connectivity index (χ4v) is 2.95.